The molecule has 0 aliphatic heterocycles. The van der Waals surface area contributed by atoms with E-state index in [9.17, 15) is 0 Å². The van der Waals surface area contributed by atoms with Crippen molar-refractivity contribution in [2.24, 2.45) is 0 Å². The van der Waals surface area contributed by atoms with Crippen molar-refractivity contribution in [3.63, 3.8) is 0 Å². The molecule has 2 aromatic rings. The number of rotatable bonds is 1. The van der Waals surface area contributed by atoms with Gasteiger partial charge in [0.2, 0.25) is 0 Å². The number of imidazole rings is 1. The molecule has 2 aromatic heterocycles. The van der Waals surface area contributed by atoms with E-state index in [4.69, 9.17) is 0 Å². The molecule has 2 rings (SSSR count). The molecule has 0 spiro atoms. The summed E-state index contributed by atoms with van der Waals surface area (Å²) in [4.78, 5) is 8.71. The molecule has 0 aromatic carbocycles. The van der Waals surface area contributed by atoms with E-state index < -0.39 is 0 Å². The molecule has 0 aliphatic rings. The number of hydrogen-bond donors (Lipinski definition) is 0. The molecule has 13 heavy (non-hydrogen) atoms. The maximum absolute atomic E-state index is 4.49. The Morgan fingerprint density at radius 1 is 1.38 bits per heavy atom. The molecule has 0 amide bonds. The lowest BCUT2D eigenvalue weighted by atomic mass is 10.1. The van der Waals surface area contributed by atoms with Crippen LogP contribution in [0.15, 0.2) is 18.6 Å². The second-order valence-corrected chi connectivity index (χ2v) is 3.56. The normalized spacial score (nSPS) is 11.4. The van der Waals surface area contributed by atoms with E-state index in [1.807, 2.05) is 23.7 Å². The zero-order chi connectivity index (χ0) is 9.42. The smallest absolute Gasteiger partial charge is 0.158 e. The minimum absolute atomic E-state index is 0.463. The van der Waals surface area contributed by atoms with E-state index >= 15 is 0 Å². The number of hydrogen-bond acceptors (Lipinski definition) is 2. The molecule has 0 saturated heterocycles. The minimum Gasteiger partial charge on any atom is -0.304 e. The minimum atomic E-state index is 0.463. The molecule has 68 valence electrons. The van der Waals surface area contributed by atoms with Crippen molar-refractivity contribution in [3.8, 4) is 0 Å². The van der Waals surface area contributed by atoms with Gasteiger partial charge in [0.05, 0.1) is 11.4 Å². The van der Waals surface area contributed by atoms with E-state index in [-0.39, 0.29) is 0 Å². The first-order valence-corrected chi connectivity index (χ1v) is 4.48. The standard InChI is InChI=1S/C10H13N3/c1-7(2)9-6-13-5-4-11-10(13)8(3)12-9/h4-7H,1-3H3. The highest BCUT2D eigenvalue weighted by molar-refractivity contribution is 5.43. The predicted octanol–water partition coefficient (Wildman–Crippen LogP) is 2.16. The van der Waals surface area contributed by atoms with Crippen LogP contribution in [0.5, 0.6) is 0 Å². The SMILES string of the molecule is Cc1nc(C(C)C)cn2ccnc12. The molecular weight excluding hydrogens is 162 g/mol. The van der Waals surface area contributed by atoms with Gasteiger partial charge in [-0.3, -0.25) is 4.98 Å². The van der Waals surface area contributed by atoms with E-state index in [1.165, 1.54) is 0 Å². The van der Waals surface area contributed by atoms with E-state index in [1.54, 1.807) is 6.20 Å². The van der Waals surface area contributed by atoms with Gasteiger partial charge in [-0.05, 0) is 12.8 Å². The Kier molecular flexibility index (Phi) is 1.79. The monoisotopic (exact) mass is 175 g/mol. The van der Waals surface area contributed by atoms with Crippen LogP contribution in [0.3, 0.4) is 0 Å². The number of aromatic nitrogens is 3. The molecule has 0 N–H and O–H groups in total. The second kappa shape index (κ2) is 2.83. The van der Waals surface area contributed by atoms with E-state index in [0.717, 1.165) is 17.0 Å². The number of nitrogens with zero attached hydrogens (tertiary/aromatic N) is 3. The van der Waals surface area contributed by atoms with Crippen molar-refractivity contribution in [3.05, 3.63) is 30.0 Å². The molecule has 0 fully saturated rings. The highest BCUT2D eigenvalue weighted by Crippen LogP contribution is 2.14. The number of aryl methyl sites for hydroxylation is 1. The van der Waals surface area contributed by atoms with E-state index in [2.05, 4.69) is 23.8 Å². The van der Waals surface area contributed by atoms with Gasteiger partial charge in [-0.15, -0.1) is 0 Å². The van der Waals surface area contributed by atoms with Gasteiger partial charge in [0, 0.05) is 18.6 Å². The van der Waals surface area contributed by atoms with E-state index in [0.29, 0.717) is 5.92 Å². The van der Waals surface area contributed by atoms with Gasteiger partial charge in [0.25, 0.3) is 0 Å². The topological polar surface area (TPSA) is 30.2 Å². The van der Waals surface area contributed by atoms with Crippen LogP contribution in [0.25, 0.3) is 5.65 Å². The highest BCUT2D eigenvalue weighted by Gasteiger charge is 2.05. The summed E-state index contributed by atoms with van der Waals surface area (Å²) in [5, 5.41) is 0. The summed E-state index contributed by atoms with van der Waals surface area (Å²) >= 11 is 0. The van der Waals surface area contributed by atoms with Crippen molar-refractivity contribution in [1.82, 2.24) is 14.4 Å². The van der Waals surface area contributed by atoms with Crippen LogP contribution in [0, 0.1) is 6.92 Å². The third-order valence-corrected chi connectivity index (χ3v) is 2.15. The third-order valence-electron chi connectivity index (χ3n) is 2.15. The van der Waals surface area contributed by atoms with Gasteiger partial charge in [0.1, 0.15) is 0 Å². The van der Waals surface area contributed by atoms with Gasteiger partial charge in [-0.25, -0.2) is 4.98 Å². The molecule has 0 saturated carbocycles. The fourth-order valence-corrected chi connectivity index (χ4v) is 1.39. The molecule has 0 radical (unpaired) electrons. The van der Waals surface area contributed by atoms with Crippen molar-refractivity contribution >= 4 is 5.65 Å². The largest absolute Gasteiger partial charge is 0.304 e. The molecule has 2 heterocycles. The van der Waals surface area contributed by atoms with Gasteiger partial charge in [-0.1, -0.05) is 13.8 Å². The lowest BCUT2D eigenvalue weighted by molar-refractivity contribution is 0.799. The second-order valence-electron chi connectivity index (χ2n) is 3.56. The van der Waals surface area contributed by atoms with Crippen LogP contribution in [-0.2, 0) is 0 Å². The third kappa shape index (κ3) is 1.30. The van der Waals surface area contributed by atoms with Crippen molar-refractivity contribution in [2.45, 2.75) is 26.7 Å². The Morgan fingerprint density at radius 3 is 2.85 bits per heavy atom. The van der Waals surface area contributed by atoms with Crippen LogP contribution in [-0.4, -0.2) is 14.4 Å². The zero-order valence-electron chi connectivity index (χ0n) is 8.15. The summed E-state index contributed by atoms with van der Waals surface area (Å²) in [5.74, 6) is 0.463. The lowest BCUT2D eigenvalue weighted by Gasteiger charge is -2.06. The van der Waals surface area contributed by atoms with Crippen LogP contribution in [0.1, 0.15) is 31.2 Å². The van der Waals surface area contributed by atoms with Crippen LogP contribution in [0.2, 0.25) is 0 Å². The molecular formula is C10H13N3. The zero-order valence-corrected chi connectivity index (χ0v) is 8.15. The molecule has 0 atom stereocenters. The first kappa shape index (κ1) is 8.23. The van der Waals surface area contributed by atoms with Gasteiger partial charge in [0.15, 0.2) is 5.65 Å². The molecule has 3 nitrogen and oxygen atoms in total. The molecule has 0 bridgehead atoms. The Morgan fingerprint density at radius 2 is 2.15 bits per heavy atom. The van der Waals surface area contributed by atoms with Crippen LogP contribution in [0.4, 0.5) is 0 Å². The average molecular weight is 175 g/mol. The summed E-state index contributed by atoms with van der Waals surface area (Å²) in [6.45, 7) is 6.28. The molecule has 0 aliphatic carbocycles. The maximum Gasteiger partial charge on any atom is 0.158 e. The quantitative estimate of drug-likeness (QED) is 0.664. The number of fused-ring (bicyclic) bond motifs is 1. The maximum atomic E-state index is 4.49. The van der Waals surface area contributed by atoms with Gasteiger partial charge >= 0.3 is 0 Å². The van der Waals surface area contributed by atoms with Gasteiger partial charge < -0.3 is 4.40 Å². The fourth-order valence-electron chi connectivity index (χ4n) is 1.39. The van der Waals surface area contributed by atoms with Crippen molar-refractivity contribution < 1.29 is 0 Å². The Labute approximate surface area is 77.4 Å². The Bertz CT molecular complexity index is 429. The molecule has 0 unspecified atom stereocenters. The summed E-state index contributed by atoms with van der Waals surface area (Å²) in [6.07, 6.45) is 5.80. The van der Waals surface area contributed by atoms with Crippen molar-refractivity contribution in [1.29, 1.82) is 0 Å². The highest BCUT2D eigenvalue weighted by atomic mass is 15.0. The fraction of sp³-hybridized carbons (Fsp3) is 0.400. The molecule has 3 heteroatoms. The summed E-state index contributed by atoms with van der Waals surface area (Å²) in [7, 11) is 0. The first-order chi connectivity index (χ1) is 6.18. The van der Waals surface area contributed by atoms with Crippen LogP contribution < -0.4 is 0 Å². The Balaban J connectivity index is 2.70. The Hall–Kier alpha value is -1.38. The summed E-state index contributed by atoms with van der Waals surface area (Å²) in [5.41, 5.74) is 3.06. The summed E-state index contributed by atoms with van der Waals surface area (Å²) < 4.78 is 2.03. The van der Waals surface area contributed by atoms with Crippen LogP contribution >= 0.6 is 0 Å². The van der Waals surface area contributed by atoms with Crippen molar-refractivity contribution in [2.75, 3.05) is 0 Å². The lowest BCUT2D eigenvalue weighted by Crippen LogP contribution is -1.99. The van der Waals surface area contributed by atoms with Gasteiger partial charge in [-0.2, -0.15) is 0 Å². The average Bonchev–Trinajstić information content (AvgIpc) is 2.51. The first-order valence-electron chi connectivity index (χ1n) is 4.48. The predicted molar refractivity (Wildman–Crippen MR) is 51.8 cm³/mol. The summed E-state index contributed by atoms with van der Waals surface area (Å²) in [6, 6.07) is 0.